The van der Waals surface area contributed by atoms with Crippen LogP contribution in [-0.4, -0.2) is 45.0 Å². The van der Waals surface area contributed by atoms with Crippen molar-refractivity contribution >= 4 is 17.2 Å². The van der Waals surface area contributed by atoms with Gasteiger partial charge in [-0.25, -0.2) is 4.98 Å². The fraction of sp³-hybridized carbons (Fsp3) is 0.625. The van der Waals surface area contributed by atoms with E-state index in [1.165, 1.54) is 24.1 Å². The maximum absolute atomic E-state index is 12.1. The number of nitrogens with zero attached hydrogens (tertiary/aromatic N) is 4. The maximum atomic E-state index is 12.1. The molecule has 1 fully saturated rings. The number of thiazole rings is 1. The lowest BCUT2D eigenvalue weighted by Gasteiger charge is -2.23. The van der Waals surface area contributed by atoms with E-state index >= 15 is 0 Å². The quantitative estimate of drug-likeness (QED) is 0.793. The molecule has 0 radical (unpaired) electrons. The molecule has 0 aliphatic carbocycles. The molecular formula is C16H24N6OS. The second kappa shape index (κ2) is 8.34. The molecule has 1 unspecified atom stereocenters. The third-order valence-corrected chi connectivity index (χ3v) is 5.37. The highest BCUT2D eigenvalue weighted by molar-refractivity contribution is 7.09. The average molecular weight is 348 g/mol. The van der Waals surface area contributed by atoms with E-state index < -0.39 is 0 Å². The van der Waals surface area contributed by atoms with Crippen molar-refractivity contribution in [1.82, 2.24) is 30.6 Å². The predicted molar refractivity (Wildman–Crippen MR) is 93.2 cm³/mol. The Morgan fingerprint density at radius 2 is 2.42 bits per heavy atom. The Bertz CT molecular complexity index is 661. The summed E-state index contributed by atoms with van der Waals surface area (Å²) in [6.45, 7) is 4.47. The Balaban J connectivity index is 1.42. The molecule has 2 aromatic heterocycles. The van der Waals surface area contributed by atoms with Crippen LogP contribution < -0.4 is 10.6 Å². The van der Waals surface area contributed by atoms with E-state index in [0.717, 1.165) is 31.6 Å². The molecule has 0 saturated carbocycles. The van der Waals surface area contributed by atoms with Crippen molar-refractivity contribution in [2.24, 2.45) is 0 Å². The third-order valence-electron chi connectivity index (χ3n) is 4.37. The fourth-order valence-electron chi connectivity index (χ4n) is 2.92. The molecule has 0 spiro atoms. The summed E-state index contributed by atoms with van der Waals surface area (Å²) in [4.78, 5) is 17.5. The molecule has 130 valence electrons. The monoisotopic (exact) mass is 348 g/mol. The molecule has 2 aromatic rings. The van der Waals surface area contributed by atoms with Crippen LogP contribution in [-0.2, 0) is 13.0 Å². The summed E-state index contributed by atoms with van der Waals surface area (Å²) < 4.78 is 1.76. The van der Waals surface area contributed by atoms with E-state index in [-0.39, 0.29) is 5.91 Å². The van der Waals surface area contributed by atoms with E-state index in [4.69, 9.17) is 0 Å². The minimum Gasteiger partial charge on any atom is -0.350 e. The van der Waals surface area contributed by atoms with Gasteiger partial charge < -0.3 is 10.6 Å². The largest absolute Gasteiger partial charge is 0.350 e. The maximum Gasteiger partial charge on any atom is 0.273 e. The Kier molecular flexibility index (Phi) is 5.92. The SMILES string of the molecule is Cc1ncsc1CCNC(=O)c1cn(CCC2CCCCN2)nn1. The number of hydrogen-bond acceptors (Lipinski definition) is 6. The van der Waals surface area contributed by atoms with Gasteiger partial charge in [-0.05, 0) is 32.7 Å². The lowest BCUT2D eigenvalue weighted by atomic mass is 10.0. The van der Waals surface area contributed by atoms with Crippen LogP contribution >= 0.6 is 11.3 Å². The van der Waals surface area contributed by atoms with Gasteiger partial charge in [0.1, 0.15) is 0 Å². The van der Waals surface area contributed by atoms with Crippen LogP contribution in [0.5, 0.6) is 0 Å². The number of amides is 1. The van der Waals surface area contributed by atoms with Crippen molar-refractivity contribution in [2.45, 2.75) is 51.6 Å². The van der Waals surface area contributed by atoms with Crippen LogP contribution in [0.25, 0.3) is 0 Å². The number of hydrogen-bond donors (Lipinski definition) is 2. The molecule has 1 aliphatic rings. The number of aryl methyl sites for hydroxylation is 2. The molecule has 2 N–H and O–H groups in total. The molecule has 7 nitrogen and oxygen atoms in total. The predicted octanol–water partition coefficient (Wildman–Crippen LogP) is 1.55. The summed E-state index contributed by atoms with van der Waals surface area (Å²) in [5.74, 6) is -0.167. The lowest BCUT2D eigenvalue weighted by molar-refractivity contribution is 0.0949. The van der Waals surface area contributed by atoms with Gasteiger partial charge in [0.2, 0.25) is 0 Å². The molecule has 0 aromatic carbocycles. The van der Waals surface area contributed by atoms with Gasteiger partial charge in [0.15, 0.2) is 5.69 Å². The lowest BCUT2D eigenvalue weighted by Crippen LogP contribution is -2.34. The van der Waals surface area contributed by atoms with Crippen molar-refractivity contribution in [2.75, 3.05) is 13.1 Å². The van der Waals surface area contributed by atoms with Gasteiger partial charge in [-0.15, -0.1) is 16.4 Å². The highest BCUT2D eigenvalue weighted by atomic mass is 32.1. The van der Waals surface area contributed by atoms with Crippen LogP contribution in [0.15, 0.2) is 11.7 Å². The Morgan fingerprint density at radius 3 is 3.17 bits per heavy atom. The summed E-state index contributed by atoms with van der Waals surface area (Å²) in [5, 5.41) is 14.5. The fourth-order valence-corrected chi connectivity index (χ4v) is 3.70. The Morgan fingerprint density at radius 1 is 1.50 bits per heavy atom. The topological polar surface area (TPSA) is 84.7 Å². The van der Waals surface area contributed by atoms with Gasteiger partial charge in [0.25, 0.3) is 5.91 Å². The second-order valence-electron chi connectivity index (χ2n) is 6.17. The first kappa shape index (κ1) is 17.0. The summed E-state index contributed by atoms with van der Waals surface area (Å²) >= 11 is 1.62. The standard InChI is InChI=1S/C16H24N6OS/c1-12-15(24-11-19-12)5-8-18-16(23)14-10-22(21-20-14)9-6-13-4-2-3-7-17-13/h10-11,13,17H,2-9H2,1H3,(H,18,23). The normalized spacial score (nSPS) is 17.8. The van der Waals surface area contributed by atoms with Crippen LogP contribution in [0.4, 0.5) is 0 Å². The highest BCUT2D eigenvalue weighted by Gasteiger charge is 2.14. The summed E-state index contributed by atoms with van der Waals surface area (Å²) in [5.41, 5.74) is 3.25. The van der Waals surface area contributed by atoms with Crippen LogP contribution in [0.2, 0.25) is 0 Å². The van der Waals surface area contributed by atoms with E-state index in [1.54, 1.807) is 22.2 Å². The summed E-state index contributed by atoms with van der Waals surface area (Å²) in [6, 6.07) is 0.558. The third kappa shape index (κ3) is 4.61. The number of rotatable bonds is 7. The highest BCUT2D eigenvalue weighted by Crippen LogP contribution is 2.12. The van der Waals surface area contributed by atoms with E-state index in [9.17, 15) is 4.79 Å². The number of carbonyl (C=O) groups is 1. The Hall–Kier alpha value is -1.80. The molecule has 1 aliphatic heterocycles. The molecule has 24 heavy (non-hydrogen) atoms. The molecule has 0 bridgehead atoms. The zero-order valence-electron chi connectivity index (χ0n) is 14.0. The summed E-state index contributed by atoms with van der Waals surface area (Å²) in [7, 11) is 0. The van der Waals surface area contributed by atoms with Gasteiger partial charge in [0.05, 0.1) is 17.4 Å². The van der Waals surface area contributed by atoms with Gasteiger partial charge in [-0.2, -0.15) is 0 Å². The molecule has 3 rings (SSSR count). The Labute approximate surface area is 145 Å². The van der Waals surface area contributed by atoms with Gasteiger partial charge in [-0.1, -0.05) is 11.6 Å². The van der Waals surface area contributed by atoms with Crippen molar-refractivity contribution in [1.29, 1.82) is 0 Å². The van der Waals surface area contributed by atoms with Crippen molar-refractivity contribution in [3.05, 3.63) is 28.0 Å². The number of piperidine rings is 1. The second-order valence-corrected chi connectivity index (χ2v) is 7.11. The molecule has 8 heteroatoms. The first-order chi connectivity index (χ1) is 11.7. The van der Waals surface area contributed by atoms with Crippen molar-refractivity contribution < 1.29 is 4.79 Å². The first-order valence-corrected chi connectivity index (χ1v) is 9.41. The van der Waals surface area contributed by atoms with Crippen LogP contribution in [0.3, 0.4) is 0 Å². The first-order valence-electron chi connectivity index (χ1n) is 8.53. The van der Waals surface area contributed by atoms with Crippen LogP contribution in [0.1, 0.15) is 46.7 Å². The smallest absolute Gasteiger partial charge is 0.273 e. The van der Waals surface area contributed by atoms with E-state index in [2.05, 4.69) is 25.9 Å². The zero-order chi connectivity index (χ0) is 16.8. The van der Waals surface area contributed by atoms with Crippen molar-refractivity contribution in [3.63, 3.8) is 0 Å². The number of nitrogens with one attached hydrogen (secondary N) is 2. The molecule has 1 atom stereocenters. The molecule has 1 amide bonds. The minimum atomic E-state index is -0.167. The molecule has 1 saturated heterocycles. The molecular weight excluding hydrogens is 324 g/mol. The van der Waals surface area contributed by atoms with Crippen LogP contribution in [0, 0.1) is 6.92 Å². The van der Waals surface area contributed by atoms with Crippen molar-refractivity contribution in [3.8, 4) is 0 Å². The van der Waals surface area contributed by atoms with E-state index in [0.29, 0.717) is 18.3 Å². The number of carbonyl (C=O) groups excluding carboxylic acids is 1. The average Bonchev–Trinajstić information content (AvgIpc) is 3.23. The molecule has 3 heterocycles. The van der Waals surface area contributed by atoms with Gasteiger partial charge in [-0.3, -0.25) is 9.48 Å². The minimum absolute atomic E-state index is 0.167. The van der Waals surface area contributed by atoms with E-state index in [1.807, 2.05) is 12.4 Å². The summed E-state index contributed by atoms with van der Waals surface area (Å²) in [6.07, 6.45) is 7.33. The van der Waals surface area contributed by atoms with Gasteiger partial charge in [0, 0.05) is 30.4 Å². The number of aromatic nitrogens is 4. The van der Waals surface area contributed by atoms with Gasteiger partial charge >= 0.3 is 0 Å². The zero-order valence-corrected chi connectivity index (χ0v) is 14.8.